The molecule has 156 valence electrons. The van der Waals surface area contributed by atoms with Crippen molar-refractivity contribution in [2.75, 3.05) is 43.9 Å². The lowest BCUT2D eigenvalue weighted by molar-refractivity contribution is -0.140. The number of nitrogens with two attached hydrogens (primary N) is 1. The average Bonchev–Trinajstić information content (AvgIpc) is 2.67. The first-order valence-corrected chi connectivity index (χ1v) is 10.0. The van der Waals surface area contributed by atoms with E-state index >= 15 is 0 Å². The maximum Gasteiger partial charge on any atom is 0.242 e. The van der Waals surface area contributed by atoms with E-state index in [4.69, 9.17) is 5.73 Å². The molecule has 0 spiro atoms. The molecule has 28 heavy (non-hydrogen) atoms. The Bertz CT molecular complexity index is 702. The first kappa shape index (κ1) is 22.3. The zero-order chi connectivity index (χ0) is 19.6. The van der Waals surface area contributed by atoms with Crippen LogP contribution in [0.2, 0.25) is 0 Å². The molecule has 3 rings (SSSR count). The third kappa shape index (κ3) is 4.72. The second-order valence-electron chi connectivity index (χ2n) is 8.07. The van der Waals surface area contributed by atoms with Gasteiger partial charge in [0.05, 0.1) is 6.54 Å². The third-order valence-electron chi connectivity index (χ3n) is 6.03. The lowest BCUT2D eigenvalue weighted by atomic mass is 9.94. The number of piperidine rings is 1. The number of benzene rings is 1. The van der Waals surface area contributed by atoms with Gasteiger partial charge >= 0.3 is 0 Å². The number of hydrogen-bond donors (Lipinski definition) is 1. The Balaban J connectivity index is 0.00000280. The van der Waals surface area contributed by atoms with Crippen LogP contribution in [-0.2, 0) is 16.0 Å². The second kappa shape index (κ2) is 9.50. The number of rotatable bonds is 4. The highest BCUT2D eigenvalue weighted by Gasteiger charge is 2.31. The molecule has 2 amide bonds. The lowest BCUT2D eigenvalue weighted by Crippen LogP contribution is -2.48. The van der Waals surface area contributed by atoms with Crippen LogP contribution in [0.25, 0.3) is 0 Å². The molecular formula is C21H33ClN4O2. The van der Waals surface area contributed by atoms with Crippen LogP contribution in [0.1, 0.15) is 38.7 Å². The Kier molecular flexibility index (Phi) is 7.58. The zero-order valence-electron chi connectivity index (χ0n) is 17.2. The number of carbonyl (C=O) groups is 2. The van der Waals surface area contributed by atoms with E-state index in [1.165, 1.54) is 0 Å². The molecule has 0 radical (unpaired) electrons. The number of hydrogen-bond acceptors (Lipinski definition) is 4. The third-order valence-corrected chi connectivity index (χ3v) is 6.03. The molecule has 0 bridgehead atoms. The van der Waals surface area contributed by atoms with Gasteiger partial charge in [-0.1, -0.05) is 6.07 Å². The molecule has 6 nitrogen and oxygen atoms in total. The number of likely N-dealkylation sites (tertiary alicyclic amines) is 1. The summed E-state index contributed by atoms with van der Waals surface area (Å²) in [6, 6.07) is 6.16. The Morgan fingerprint density at radius 3 is 2.54 bits per heavy atom. The van der Waals surface area contributed by atoms with Crippen LogP contribution in [-0.4, -0.2) is 60.9 Å². The van der Waals surface area contributed by atoms with E-state index in [0.29, 0.717) is 19.6 Å². The molecule has 1 aromatic carbocycles. The first-order valence-electron chi connectivity index (χ1n) is 10.0. The van der Waals surface area contributed by atoms with Crippen LogP contribution in [0.5, 0.6) is 0 Å². The summed E-state index contributed by atoms with van der Waals surface area (Å²) < 4.78 is 0. The van der Waals surface area contributed by atoms with Gasteiger partial charge in [0.15, 0.2) is 0 Å². The van der Waals surface area contributed by atoms with Gasteiger partial charge in [-0.3, -0.25) is 9.59 Å². The van der Waals surface area contributed by atoms with Gasteiger partial charge in [-0.25, -0.2) is 0 Å². The quantitative estimate of drug-likeness (QED) is 0.777. The lowest BCUT2D eigenvalue weighted by Gasteiger charge is -2.37. The number of halogens is 1. The van der Waals surface area contributed by atoms with Crippen molar-refractivity contribution >= 4 is 35.6 Å². The maximum atomic E-state index is 12.8. The first-order chi connectivity index (χ1) is 12.9. The molecule has 1 aromatic rings. The minimum atomic E-state index is 0. The van der Waals surface area contributed by atoms with Gasteiger partial charge in [0, 0.05) is 50.0 Å². The molecule has 0 aliphatic carbocycles. The van der Waals surface area contributed by atoms with Crippen molar-refractivity contribution in [3.05, 3.63) is 23.8 Å². The van der Waals surface area contributed by atoms with Crippen molar-refractivity contribution in [3.63, 3.8) is 0 Å². The van der Waals surface area contributed by atoms with Crippen LogP contribution >= 0.6 is 12.4 Å². The summed E-state index contributed by atoms with van der Waals surface area (Å²) in [6.07, 6.45) is 3.51. The Morgan fingerprint density at radius 2 is 1.89 bits per heavy atom. The molecule has 1 saturated heterocycles. The minimum Gasteiger partial charge on any atom is -0.398 e. The minimum absolute atomic E-state index is 0. The SMILES string of the molecule is CC(C)N(C)C(=O)C1CCN(C(=O)CN2CCCc3c(N)cccc32)CC1.Cl. The van der Waals surface area contributed by atoms with Gasteiger partial charge in [0.25, 0.3) is 0 Å². The smallest absolute Gasteiger partial charge is 0.242 e. The Hall–Kier alpha value is -1.95. The number of amides is 2. The number of anilines is 2. The summed E-state index contributed by atoms with van der Waals surface area (Å²) >= 11 is 0. The Morgan fingerprint density at radius 1 is 1.21 bits per heavy atom. The summed E-state index contributed by atoms with van der Waals surface area (Å²) in [5.74, 6) is 0.392. The predicted octanol–water partition coefficient (Wildman–Crippen LogP) is 2.55. The van der Waals surface area contributed by atoms with Crippen molar-refractivity contribution < 1.29 is 9.59 Å². The van der Waals surface area contributed by atoms with Crippen molar-refractivity contribution in [3.8, 4) is 0 Å². The number of carbonyl (C=O) groups excluding carboxylic acids is 2. The number of nitrogens with zero attached hydrogens (tertiary/aromatic N) is 3. The predicted molar refractivity (Wildman–Crippen MR) is 116 cm³/mol. The van der Waals surface area contributed by atoms with Gasteiger partial charge < -0.3 is 20.4 Å². The molecule has 0 aromatic heterocycles. The Labute approximate surface area is 174 Å². The van der Waals surface area contributed by atoms with E-state index in [9.17, 15) is 9.59 Å². The molecule has 7 heteroatoms. The highest BCUT2D eigenvalue weighted by molar-refractivity contribution is 5.85. The van der Waals surface area contributed by atoms with E-state index in [2.05, 4.69) is 11.0 Å². The largest absolute Gasteiger partial charge is 0.398 e. The fourth-order valence-electron chi connectivity index (χ4n) is 4.07. The fourth-order valence-corrected chi connectivity index (χ4v) is 4.07. The van der Waals surface area contributed by atoms with Crippen LogP contribution in [0.3, 0.4) is 0 Å². The summed E-state index contributed by atoms with van der Waals surface area (Å²) in [5, 5.41) is 0. The molecule has 2 aliphatic rings. The summed E-state index contributed by atoms with van der Waals surface area (Å²) in [7, 11) is 1.87. The monoisotopic (exact) mass is 408 g/mol. The fraction of sp³-hybridized carbons (Fsp3) is 0.619. The second-order valence-corrected chi connectivity index (χ2v) is 8.07. The van der Waals surface area contributed by atoms with Gasteiger partial charge in [-0.2, -0.15) is 0 Å². The molecule has 0 saturated carbocycles. The summed E-state index contributed by atoms with van der Waals surface area (Å²) in [6.45, 7) is 6.66. The van der Waals surface area contributed by atoms with Crippen LogP contribution < -0.4 is 10.6 Å². The normalized spacial score (nSPS) is 17.1. The number of fused-ring (bicyclic) bond motifs is 1. The van der Waals surface area contributed by atoms with Gasteiger partial charge in [0.1, 0.15) is 0 Å². The maximum absolute atomic E-state index is 12.8. The van der Waals surface area contributed by atoms with Gasteiger partial charge in [-0.05, 0) is 57.2 Å². The van der Waals surface area contributed by atoms with E-state index in [0.717, 1.165) is 49.2 Å². The highest BCUT2D eigenvalue weighted by Crippen LogP contribution is 2.31. The molecule has 2 aliphatic heterocycles. The van der Waals surface area contributed by atoms with E-state index in [1.54, 1.807) is 0 Å². The van der Waals surface area contributed by atoms with Gasteiger partial charge in [-0.15, -0.1) is 12.4 Å². The van der Waals surface area contributed by atoms with Crippen LogP contribution in [0.4, 0.5) is 11.4 Å². The average molecular weight is 409 g/mol. The van der Waals surface area contributed by atoms with Crippen LogP contribution in [0, 0.1) is 5.92 Å². The van der Waals surface area contributed by atoms with E-state index < -0.39 is 0 Å². The van der Waals surface area contributed by atoms with Gasteiger partial charge in [0.2, 0.25) is 11.8 Å². The molecule has 2 N–H and O–H groups in total. The summed E-state index contributed by atoms with van der Waals surface area (Å²) in [5.41, 5.74) is 9.19. The van der Waals surface area contributed by atoms with Crippen molar-refractivity contribution in [1.29, 1.82) is 0 Å². The van der Waals surface area contributed by atoms with E-state index in [-0.39, 0.29) is 36.2 Å². The number of nitrogen functional groups attached to an aromatic ring is 1. The zero-order valence-corrected chi connectivity index (χ0v) is 18.0. The topological polar surface area (TPSA) is 69.9 Å². The van der Waals surface area contributed by atoms with Crippen molar-refractivity contribution in [2.45, 2.75) is 45.6 Å². The molecule has 1 fully saturated rings. The van der Waals surface area contributed by atoms with E-state index in [1.807, 2.05) is 42.8 Å². The highest BCUT2D eigenvalue weighted by atomic mass is 35.5. The van der Waals surface area contributed by atoms with Crippen molar-refractivity contribution in [1.82, 2.24) is 9.80 Å². The molecule has 0 unspecified atom stereocenters. The summed E-state index contributed by atoms with van der Waals surface area (Å²) in [4.78, 5) is 31.2. The molecule has 2 heterocycles. The molecule has 0 atom stereocenters. The molecular weight excluding hydrogens is 376 g/mol. The van der Waals surface area contributed by atoms with Crippen molar-refractivity contribution in [2.24, 2.45) is 5.92 Å². The standard InChI is InChI=1S/C21H32N4O2.ClH/c1-15(2)23(3)21(27)16-9-12-24(13-10-16)20(26)14-25-11-5-6-17-18(22)7-4-8-19(17)25;/h4,7-8,15-16H,5-6,9-14,22H2,1-3H3;1H. The van der Waals surface area contributed by atoms with Crippen LogP contribution in [0.15, 0.2) is 18.2 Å².